The molecular formula is C34H44F3N7O5. The van der Waals surface area contributed by atoms with E-state index >= 15 is 4.39 Å². The van der Waals surface area contributed by atoms with E-state index in [-0.39, 0.29) is 72.8 Å². The van der Waals surface area contributed by atoms with Crippen molar-refractivity contribution in [2.45, 2.75) is 95.7 Å². The summed E-state index contributed by atoms with van der Waals surface area (Å²) in [5.74, 6) is -3.83. The van der Waals surface area contributed by atoms with E-state index in [0.717, 1.165) is 12.8 Å². The number of carbonyl (C=O) groups excluding carboxylic acids is 4. The number of hydrogen-bond acceptors (Lipinski definition) is 8. The van der Waals surface area contributed by atoms with Gasteiger partial charge in [-0.25, -0.2) is 9.02 Å². The molecule has 2 aromatic rings. The summed E-state index contributed by atoms with van der Waals surface area (Å²) >= 11 is 0. The molecule has 2 saturated carbocycles. The van der Waals surface area contributed by atoms with E-state index in [2.05, 4.69) is 31.2 Å². The third-order valence-electron chi connectivity index (χ3n) is 10.1. The summed E-state index contributed by atoms with van der Waals surface area (Å²) in [4.78, 5) is 57.0. The highest BCUT2D eigenvalue weighted by Crippen LogP contribution is 2.40. The molecule has 49 heavy (non-hydrogen) atoms. The molecule has 3 N–H and O–H groups in total. The average molecular weight is 688 g/mol. The number of likely N-dealkylation sites (N-methyl/N-ethyl adjacent to an activating group) is 1. The van der Waals surface area contributed by atoms with E-state index in [9.17, 15) is 28.0 Å². The molecule has 5 rings (SSSR count). The van der Waals surface area contributed by atoms with Gasteiger partial charge in [0.2, 0.25) is 17.7 Å². The number of aromatic nitrogens is 2. The fraction of sp³-hybridized carbons (Fsp3) is 0.588. The Kier molecular flexibility index (Phi) is 11.4. The van der Waals surface area contributed by atoms with Gasteiger partial charge < -0.3 is 25.8 Å². The zero-order chi connectivity index (χ0) is 35.4. The smallest absolute Gasteiger partial charge is 0.276 e. The lowest BCUT2D eigenvalue weighted by Crippen LogP contribution is -2.58. The average Bonchev–Trinajstić information content (AvgIpc) is 3.82. The largest absolute Gasteiger partial charge is 0.344 e. The molecule has 15 heteroatoms. The SMILES string of the molecule is CCC(=O)N[C@@H](C(=O)N1CCN(C)[C@H](C)C1)[C@@H](C)c1ccc(NC(=O)C(NC(=O)c2nonc2C2CC2)C2CCC(=C(F)F)CC2)c(F)c1. The number of piperazine rings is 1. The van der Waals surface area contributed by atoms with Gasteiger partial charge in [-0.05, 0) is 86.8 Å². The number of carbonyl (C=O) groups is 4. The molecule has 1 unspecified atom stereocenters. The minimum absolute atomic E-state index is 0.0169. The van der Waals surface area contributed by atoms with Crippen LogP contribution in [0.1, 0.15) is 99.3 Å². The van der Waals surface area contributed by atoms with Crippen LogP contribution in [0.3, 0.4) is 0 Å². The molecule has 1 aromatic heterocycles. The summed E-state index contributed by atoms with van der Waals surface area (Å²) in [7, 11) is 1.99. The van der Waals surface area contributed by atoms with Crippen LogP contribution in [-0.2, 0) is 14.4 Å². The Labute approximate surface area is 283 Å². The summed E-state index contributed by atoms with van der Waals surface area (Å²) < 4.78 is 47.0. The van der Waals surface area contributed by atoms with Gasteiger partial charge in [0.1, 0.15) is 23.6 Å². The molecule has 0 bridgehead atoms. The predicted molar refractivity (Wildman–Crippen MR) is 173 cm³/mol. The van der Waals surface area contributed by atoms with Crippen molar-refractivity contribution in [2.75, 3.05) is 32.0 Å². The van der Waals surface area contributed by atoms with Gasteiger partial charge in [0.05, 0.1) is 5.69 Å². The maximum Gasteiger partial charge on any atom is 0.276 e. The molecule has 1 aromatic carbocycles. The summed E-state index contributed by atoms with van der Waals surface area (Å²) in [6.07, 6.45) is 0.633. The first-order valence-corrected chi connectivity index (χ1v) is 16.9. The van der Waals surface area contributed by atoms with Gasteiger partial charge in [-0.2, -0.15) is 8.78 Å². The van der Waals surface area contributed by atoms with Crippen molar-refractivity contribution in [3.63, 3.8) is 0 Å². The fourth-order valence-corrected chi connectivity index (χ4v) is 6.54. The lowest BCUT2D eigenvalue weighted by molar-refractivity contribution is -0.139. The van der Waals surface area contributed by atoms with Crippen LogP contribution in [0.4, 0.5) is 18.9 Å². The van der Waals surface area contributed by atoms with Crippen LogP contribution >= 0.6 is 0 Å². The van der Waals surface area contributed by atoms with Crippen molar-refractivity contribution in [1.29, 1.82) is 0 Å². The van der Waals surface area contributed by atoms with Crippen LogP contribution in [0, 0.1) is 11.7 Å². The molecule has 12 nitrogen and oxygen atoms in total. The number of anilines is 1. The minimum atomic E-state index is -1.74. The number of hydrogen-bond donors (Lipinski definition) is 3. The van der Waals surface area contributed by atoms with Crippen molar-refractivity contribution in [2.24, 2.45) is 5.92 Å². The van der Waals surface area contributed by atoms with Crippen molar-refractivity contribution >= 4 is 29.3 Å². The number of halogens is 3. The predicted octanol–water partition coefficient (Wildman–Crippen LogP) is 4.32. The number of allylic oxidation sites excluding steroid dienone is 1. The van der Waals surface area contributed by atoms with E-state index < -0.39 is 47.6 Å². The van der Waals surface area contributed by atoms with Gasteiger partial charge in [-0.1, -0.05) is 25.1 Å². The van der Waals surface area contributed by atoms with Crippen LogP contribution in [0.2, 0.25) is 0 Å². The van der Waals surface area contributed by atoms with Crippen molar-refractivity contribution in [1.82, 2.24) is 30.7 Å². The van der Waals surface area contributed by atoms with Gasteiger partial charge >= 0.3 is 0 Å². The van der Waals surface area contributed by atoms with Crippen LogP contribution in [0.15, 0.2) is 34.5 Å². The second kappa shape index (κ2) is 15.5. The van der Waals surface area contributed by atoms with E-state index in [1.54, 1.807) is 24.8 Å². The van der Waals surface area contributed by atoms with Crippen molar-refractivity contribution in [3.05, 3.63) is 52.6 Å². The van der Waals surface area contributed by atoms with Crippen LogP contribution in [0.5, 0.6) is 0 Å². The lowest BCUT2D eigenvalue weighted by Gasteiger charge is -2.40. The van der Waals surface area contributed by atoms with Gasteiger partial charge in [0, 0.05) is 43.9 Å². The molecule has 2 heterocycles. The molecule has 3 fully saturated rings. The first-order chi connectivity index (χ1) is 23.4. The molecule has 1 saturated heterocycles. The fourth-order valence-electron chi connectivity index (χ4n) is 6.54. The van der Waals surface area contributed by atoms with E-state index in [1.165, 1.54) is 12.1 Å². The van der Waals surface area contributed by atoms with Gasteiger partial charge in [-0.15, -0.1) is 0 Å². The summed E-state index contributed by atoms with van der Waals surface area (Å²) in [6, 6.07) is 2.17. The Bertz CT molecular complexity index is 1580. The molecule has 2 aliphatic carbocycles. The van der Waals surface area contributed by atoms with Gasteiger partial charge in [0.15, 0.2) is 5.69 Å². The molecule has 3 aliphatic rings. The Morgan fingerprint density at radius 1 is 1.04 bits per heavy atom. The normalized spacial score (nSPS) is 21.8. The topological polar surface area (TPSA) is 150 Å². The zero-order valence-electron chi connectivity index (χ0n) is 28.2. The summed E-state index contributed by atoms with van der Waals surface area (Å²) in [6.45, 7) is 7.11. The third kappa shape index (κ3) is 8.49. The first-order valence-electron chi connectivity index (χ1n) is 16.9. The first kappa shape index (κ1) is 36.0. The van der Waals surface area contributed by atoms with E-state index in [1.807, 2.05) is 14.0 Å². The molecule has 4 amide bonds. The second-order valence-electron chi connectivity index (χ2n) is 13.5. The van der Waals surface area contributed by atoms with Crippen LogP contribution < -0.4 is 16.0 Å². The lowest BCUT2D eigenvalue weighted by atomic mass is 9.81. The number of amides is 4. The number of rotatable bonds is 11. The Hall–Kier alpha value is -4.27. The highest BCUT2D eigenvalue weighted by atomic mass is 19.3. The molecule has 0 radical (unpaired) electrons. The second-order valence-corrected chi connectivity index (χ2v) is 13.5. The van der Waals surface area contributed by atoms with E-state index in [4.69, 9.17) is 4.63 Å². The number of benzene rings is 1. The van der Waals surface area contributed by atoms with Gasteiger partial charge in [-0.3, -0.25) is 19.2 Å². The van der Waals surface area contributed by atoms with Crippen molar-refractivity contribution < 1.29 is 37.0 Å². The minimum Gasteiger partial charge on any atom is -0.344 e. The maximum absolute atomic E-state index is 15.7. The molecular weight excluding hydrogens is 643 g/mol. The Balaban J connectivity index is 1.33. The molecule has 4 atom stereocenters. The highest BCUT2D eigenvalue weighted by molar-refractivity contribution is 6.01. The maximum atomic E-state index is 15.7. The Morgan fingerprint density at radius 3 is 2.37 bits per heavy atom. The van der Waals surface area contributed by atoms with Crippen LogP contribution in [0.25, 0.3) is 0 Å². The highest BCUT2D eigenvalue weighted by Gasteiger charge is 2.38. The Morgan fingerprint density at radius 2 is 1.76 bits per heavy atom. The summed E-state index contributed by atoms with van der Waals surface area (Å²) in [5.41, 5.74) is 0.643. The number of nitrogens with zero attached hydrogens (tertiary/aromatic N) is 4. The van der Waals surface area contributed by atoms with Crippen molar-refractivity contribution in [3.8, 4) is 0 Å². The van der Waals surface area contributed by atoms with Crippen LogP contribution in [-0.4, -0.2) is 88.5 Å². The molecule has 266 valence electrons. The summed E-state index contributed by atoms with van der Waals surface area (Å²) in [5, 5.41) is 15.6. The van der Waals surface area contributed by atoms with Gasteiger partial charge in [0.25, 0.3) is 12.0 Å². The quantitative estimate of drug-likeness (QED) is 0.316. The monoisotopic (exact) mass is 687 g/mol. The zero-order valence-corrected chi connectivity index (χ0v) is 28.2. The van der Waals surface area contributed by atoms with E-state index in [0.29, 0.717) is 30.9 Å². The standard InChI is InChI=1S/C34H44F3N7O5/c1-5-26(45)39-27(34(48)44-15-14-43(4)18(2)17-44)19(3)23-12-13-25(24(35)16-23)38-32(46)29(21-8-10-22(11-9-21)31(36)37)40-33(47)30-28(20-6-7-20)41-49-42-30/h12-13,16,18-21,27,29H,5-11,14-15,17H2,1-4H3,(H,38,46)(H,39,45)(H,40,47)/t18-,19+,27-,29?/m1/s1. The molecule has 1 aliphatic heterocycles. The molecule has 0 spiro atoms. The third-order valence-corrected chi connectivity index (χ3v) is 10.1. The number of nitrogens with one attached hydrogen (secondary N) is 3.